The molecule has 10 heteroatoms. The van der Waals surface area contributed by atoms with E-state index in [0.717, 1.165) is 23.6 Å². The lowest BCUT2D eigenvalue weighted by Gasteiger charge is -2.15. The predicted molar refractivity (Wildman–Crippen MR) is 123 cm³/mol. The number of hydrogen-bond acceptors (Lipinski definition) is 7. The van der Waals surface area contributed by atoms with Gasteiger partial charge in [0.2, 0.25) is 5.65 Å². The number of halogens is 2. The smallest absolute Gasteiger partial charge is 0.203 e. The van der Waals surface area contributed by atoms with E-state index in [9.17, 15) is 8.78 Å². The van der Waals surface area contributed by atoms with Crippen LogP contribution in [-0.2, 0) is 0 Å². The molecule has 0 unspecified atom stereocenters. The summed E-state index contributed by atoms with van der Waals surface area (Å²) in [6, 6.07) is 8.64. The van der Waals surface area contributed by atoms with Crippen LogP contribution in [0.15, 0.2) is 42.6 Å². The third kappa shape index (κ3) is 4.45. The Hall–Kier alpha value is -3.40. The predicted octanol–water partition coefficient (Wildman–Crippen LogP) is 5.68. The van der Waals surface area contributed by atoms with Gasteiger partial charge in [-0.2, -0.15) is 0 Å². The van der Waals surface area contributed by atoms with Gasteiger partial charge in [-0.1, -0.05) is 18.9 Å². The Morgan fingerprint density at radius 3 is 2.62 bits per heavy atom. The van der Waals surface area contributed by atoms with E-state index in [-0.39, 0.29) is 5.75 Å². The van der Waals surface area contributed by atoms with Gasteiger partial charge in [0.05, 0.1) is 5.69 Å². The molecular formula is C22H22F2N6OS. The number of nitrogens with one attached hydrogen (secondary N) is 2. The van der Waals surface area contributed by atoms with Crippen LogP contribution in [0.5, 0.6) is 11.5 Å². The third-order valence-electron chi connectivity index (χ3n) is 4.61. The molecule has 4 rings (SSSR count). The molecule has 0 radical (unpaired) electrons. The number of hydrogen-bond donors (Lipinski definition) is 2. The Kier molecular flexibility index (Phi) is 6.40. The van der Waals surface area contributed by atoms with Crippen molar-refractivity contribution in [1.29, 1.82) is 0 Å². The van der Waals surface area contributed by atoms with E-state index in [1.807, 2.05) is 43.5 Å². The Morgan fingerprint density at radius 2 is 1.88 bits per heavy atom. The van der Waals surface area contributed by atoms with E-state index in [1.165, 1.54) is 6.07 Å². The normalized spacial score (nSPS) is 11.0. The van der Waals surface area contributed by atoms with Gasteiger partial charge >= 0.3 is 0 Å². The molecule has 2 aromatic heterocycles. The summed E-state index contributed by atoms with van der Waals surface area (Å²) in [6.07, 6.45) is 1.81. The fourth-order valence-corrected chi connectivity index (χ4v) is 3.58. The first-order valence-corrected chi connectivity index (χ1v) is 11.1. The van der Waals surface area contributed by atoms with E-state index in [1.54, 1.807) is 18.0 Å². The Morgan fingerprint density at radius 1 is 1.06 bits per heavy atom. The largest absolute Gasteiger partial charge is 0.454 e. The Labute approximate surface area is 188 Å². The topological polar surface area (TPSA) is 76.4 Å². The van der Waals surface area contributed by atoms with Crippen molar-refractivity contribution in [3.63, 3.8) is 0 Å². The number of ether oxygens (including phenoxy) is 1. The quantitative estimate of drug-likeness (QED) is 0.330. The molecule has 32 heavy (non-hydrogen) atoms. The number of aromatic nitrogens is 4. The molecule has 0 aliphatic rings. The van der Waals surface area contributed by atoms with Gasteiger partial charge in [-0.05, 0) is 44.2 Å². The molecule has 2 N–H and O–H groups in total. The highest BCUT2D eigenvalue weighted by Crippen LogP contribution is 2.37. The van der Waals surface area contributed by atoms with Crippen LogP contribution < -0.4 is 14.8 Å². The molecule has 0 saturated carbocycles. The van der Waals surface area contributed by atoms with E-state index in [2.05, 4.69) is 20.2 Å². The molecule has 0 spiro atoms. The Balaban J connectivity index is 1.86. The number of rotatable bonds is 8. The summed E-state index contributed by atoms with van der Waals surface area (Å²) in [5.74, 6) is 0.995. The monoisotopic (exact) mass is 456 g/mol. The molecule has 2 heterocycles. The van der Waals surface area contributed by atoms with Crippen molar-refractivity contribution in [2.75, 3.05) is 22.3 Å². The van der Waals surface area contributed by atoms with Gasteiger partial charge < -0.3 is 14.8 Å². The number of benzene rings is 2. The summed E-state index contributed by atoms with van der Waals surface area (Å²) < 4.78 is 38.6. The number of fused-ring (bicyclic) bond motifs is 1. The van der Waals surface area contributed by atoms with Gasteiger partial charge in [-0.15, -0.1) is 10.2 Å². The summed E-state index contributed by atoms with van der Waals surface area (Å²) in [5.41, 5.74) is 2.66. The molecule has 0 aliphatic carbocycles. The second kappa shape index (κ2) is 9.39. The summed E-state index contributed by atoms with van der Waals surface area (Å²) in [6.45, 7) is 6.50. The summed E-state index contributed by atoms with van der Waals surface area (Å²) >= 11 is 1.55. The minimum Gasteiger partial charge on any atom is -0.454 e. The average Bonchev–Trinajstić information content (AvgIpc) is 3.16. The van der Waals surface area contributed by atoms with Gasteiger partial charge in [0.1, 0.15) is 17.4 Å². The van der Waals surface area contributed by atoms with Crippen LogP contribution in [-0.4, -0.2) is 31.9 Å². The van der Waals surface area contributed by atoms with Crippen molar-refractivity contribution in [3.8, 4) is 22.8 Å². The first-order chi connectivity index (χ1) is 15.5. The van der Waals surface area contributed by atoms with Crippen molar-refractivity contribution < 1.29 is 13.5 Å². The maximum absolute atomic E-state index is 14.3. The lowest BCUT2D eigenvalue weighted by molar-refractivity contribution is 0.439. The average molecular weight is 457 g/mol. The lowest BCUT2D eigenvalue weighted by Crippen LogP contribution is -2.05. The second-order valence-corrected chi connectivity index (χ2v) is 7.94. The maximum atomic E-state index is 14.3. The van der Waals surface area contributed by atoms with Crippen molar-refractivity contribution in [2.24, 2.45) is 0 Å². The summed E-state index contributed by atoms with van der Waals surface area (Å²) in [4.78, 5) is 4.73. The van der Waals surface area contributed by atoms with Gasteiger partial charge in [0, 0.05) is 35.8 Å². The zero-order chi connectivity index (χ0) is 22.7. The first kappa shape index (κ1) is 21.8. The molecule has 2 aromatic carbocycles. The highest BCUT2D eigenvalue weighted by molar-refractivity contribution is 8.00. The zero-order valence-electron chi connectivity index (χ0n) is 17.8. The molecule has 166 valence electrons. The minimum atomic E-state index is -0.786. The minimum absolute atomic E-state index is 0.0789. The molecule has 4 aromatic rings. The first-order valence-electron chi connectivity index (χ1n) is 10.1. The van der Waals surface area contributed by atoms with Crippen LogP contribution in [0, 0.1) is 18.6 Å². The maximum Gasteiger partial charge on any atom is 0.203 e. The number of nitrogens with zero attached hydrogens (tertiary/aromatic N) is 4. The van der Waals surface area contributed by atoms with E-state index in [4.69, 9.17) is 9.72 Å². The van der Waals surface area contributed by atoms with Gasteiger partial charge in [-0.25, -0.2) is 13.8 Å². The molecule has 0 atom stereocenters. The fourth-order valence-electron chi connectivity index (χ4n) is 3.14. The molecular weight excluding hydrogens is 434 g/mol. The lowest BCUT2D eigenvalue weighted by atomic mass is 10.1. The molecule has 0 amide bonds. The van der Waals surface area contributed by atoms with Crippen molar-refractivity contribution >= 4 is 29.1 Å². The van der Waals surface area contributed by atoms with Crippen molar-refractivity contribution in [3.05, 3.63) is 60.1 Å². The van der Waals surface area contributed by atoms with Crippen LogP contribution in [0.1, 0.15) is 19.7 Å². The standard InChI is InChI=1S/C22H22F2N6OS/c1-4-25-21-22-28-27-13(3)30(22)12-18(26-21)16-11-15(29-32-5-2)7-9-19(16)31-20-8-6-14(23)10-17(20)24/h6-12,29H,4-5H2,1-3H3,(H,25,26). The zero-order valence-corrected chi connectivity index (χ0v) is 18.6. The summed E-state index contributed by atoms with van der Waals surface area (Å²) in [5, 5.41) is 11.5. The van der Waals surface area contributed by atoms with Crippen LogP contribution >= 0.6 is 11.9 Å². The van der Waals surface area contributed by atoms with Crippen LogP contribution in [0.4, 0.5) is 20.3 Å². The second-order valence-electron chi connectivity index (χ2n) is 6.87. The number of aryl methyl sites for hydroxylation is 1. The van der Waals surface area contributed by atoms with Crippen LogP contribution in [0.3, 0.4) is 0 Å². The van der Waals surface area contributed by atoms with Crippen molar-refractivity contribution in [1.82, 2.24) is 19.6 Å². The van der Waals surface area contributed by atoms with Gasteiger partial charge in [0.25, 0.3) is 0 Å². The molecule has 0 bridgehead atoms. The number of anilines is 2. The summed E-state index contributed by atoms with van der Waals surface area (Å²) in [7, 11) is 0. The highest BCUT2D eigenvalue weighted by atomic mass is 32.2. The Bertz CT molecular complexity index is 1260. The van der Waals surface area contributed by atoms with Crippen LogP contribution in [0.2, 0.25) is 0 Å². The SMILES string of the molecule is CCNc1nc(-c2cc(NSCC)ccc2Oc2ccc(F)cc2F)cn2c(C)nnc12. The molecule has 0 aliphatic heterocycles. The molecule has 0 fully saturated rings. The molecule has 0 saturated heterocycles. The van der Waals surface area contributed by atoms with E-state index < -0.39 is 11.6 Å². The highest BCUT2D eigenvalue weighted by Gasteiger charge is 2.17. The van der Waals surface area contributed by atoms with E-state index >= 15 is 0 Å². The van der Waals surface area contributed by atoms with Gasteiger partial charge in [0.15, 0.2) is 17.4 Å². The van der Waals surface area contributed by atoms with Crippen LogP contribution in [0.25, 0.3) is 16.9 Å². The van der Waals surface area contributed by atoms with Gasteiger partial charge in [-0.3, -0.25) is 4.40 Å². The van der Waals surface area contributed by atoms with Crippen molar-refractivity contribution in [2.45, 2.75) is 20.8 Å². The van der Waals surface area contributed by atoms with E-state index in [0.29, 0.717) is 40.8 Å². The fraction of sp³-hybridized carbons (Fsp3) is 0.227. The molecule has 7 nitrogen and oxygen atoms in total. The third-order valence-corrected chi connectivity index (χ3v) is 5.28.